The fraction of sp³-hybridized carbons (Fsp3) is 0. The highest BCUT2D eigenvalue weighted by Gasteiger charge is 2.17. The van der Waals surface area contributed by atoms with Crippen LogP contribution in [0.25, 0.3) is 17.1 Å². The highest BCUT2D eigenvalue weighted by Crippen LogP contribution is 2.31. The third-order valence-electron chi connectivity index (χ3n) is 3.78. The standard InChI is InChI=1S/C20H12FN5S/c21-15-9-11-17(12-10-15)26-19(14-5-2-1-3-6-14)24-25-20(26)27-18-8-4-7-16(13-22)23-18/h1-12H. The maximum Gasteiger partial charge on any atom is 0.202 e. The molecule has 5 nitrogen and oxygen atoms in total. The third kappa shape index (κ3) is 3.57. The Labute approximate surface area is 159 Å². The Morgan fingerprint density at radius 3 is 2.41 bits per heavy atom. The van der Waals surface area contributed by atoms with Crippen molar-refractivity contribution in [3.05, 3.63) is 84.3 Å². The second-order valence-corrected chi connectivity index (χ2v) is 6.55. The zero-order valence-corrected chi connectivity index (χ0v) is 14.8. The fourth-order valence-corrected chi connectivity index (χ4v) is 3.40. The van der Waals surface area contributed by atoms with E-state index < -0.39 is 0 Å². The van der Waals surface area contributed by atoms with E-state index in [1.807, 2.05) is 41.0 Å². The van der Waals surface area contributed by atoms with Gasteiger partial charge in [-0.15, -0.1) is 10.2 Å². The van der Waals surface area contributed by atoms with Crippen LogP contribution in [0.2, 0.25) is 0 Å². The number of benzene rings is 2. The summed E-state index contributed by atoms with van der Waals surface area (Å²) in [6.07, 6.45) is 0. The highest BCUT2D eigenvalue weighted by molar-refractivity contribution is 7.99. The summed E-state index contributed by atoms with van der Waals surface area (Å²) in [5, 5.41) is 18.9. The first-order chi connectivity index (χ1) is 13.2. The zero-order valence-electron chi connectivity index (χ0n) is 14.0. The van der Waals surface area contributed by atoms with Gasteiger partial charge in [-0.2, -0.15) is 5.26 Å². The molecule has 0 fully saturated rings. The molecule has 130 valence electrons. The summed E-state index contributed by atoms with van der Waals surface area (Å²) in [5.74, 6) is 0.326. The van der Waals surface area contributed by atoms with Gasteiger partial charge in [0.2, 0.25) is 5.16 Å². The minimum absolute atomic E-state index is 0.314. The van der Waals surface area contributed by atoms with Crippen molar-refractivity contribution in [1.82, 2.24) is 19.7 Å². The van der Waals surface area contributed by atoms with Crippen LogP contribution in [0.4, 0.5) is 4.39 Å². The van der Waals surface area contributed by atoms with Crippen molar-refractivity contribution in [2.45, 2.75) is 10.2 Å². The van der Waals surface area contributed by atoms with E-state index in [9.17, 15) is 4.39 Å². The molecule has 4 aromatic rings. The minimum Gasteiger partial charge on any atom is -0.270 e. The predicted molar refractivity (Wildman–Crippen MR) is 99.8 cm³/mol. The molecule has 0 N–H and O–H groups in total. The number of nitrogens with zero attached hydrogens (tertiary/aromatic N) is 5. The molecule has 0 bridgehead atoms. The smallest absolute Gasteiger partial charge is 0.202 e. The van der Waals surface area contributed by atoms with Gasteiger partial charge in [0.15, 0.2) is 5.82 Å². The summed E-state index contributed by atoms with van der Waals surface area (Å²) in [5.41, 5.74) is 1.95. The number of pyridine rings is 1. The number of hydrogen-bond donors (Lipinski definition) is 0. The molecule has 0 aliphatic rings. The molecule has 27 heavy (non-hydrogen) atoms. The third-order valence-corrected chi connectivity index (χ3v) is 4.67. The Hall–Kier alpha value is -3.50. The van der Waals surface area contributed by atoms with Gasteiger partial charge in [-0.25, -0.2) is 9.37 Å². The average molecular weight is 373 g/mol. The molecule has 0 unspecified atom stereocenters. The molecular weight excluding hydrogens is 361 g/mol. The second-order valence-electron chi connectivity index (χ2n) is 5.56. The van der Waals surface area contributed by atoms with Crippen LogP contribution in [0.3, 0.4) is 0 Å². The molecule has 2 aromatic heterocycles. The van der Waals surface area contributed by atoms with Crippen LogP contribution in [0.1, 0.15) is 5.69 Å². The van der Waals surface area contributed by atoms with Crippen molar-refractivity contribution in [3.63, 3.8) is 0 Å². The topological polar surface area (TPSA) is 67.4 Å². The normalized spacial score (nSPS) is 10.5. The second kappa shape index (κ2) is 7.40. The van der Waals surface area contributed by atoms with Crippen molar-refractivity contribution in [3.8, 4) is 23.1 Å². The average Bonchev–Trinajstić information content (AvgIpc) is 3.13. The molecule has 4 rings (SSSR count). The Morgan fingerprint density at radius 1 is 0.889 bits per heavy atom. The van der Waals surface area contributed by atoms with E-state index in [1.165, 1.54) is 23.9 Å². The molecule has 0 saturated carbocycles. The summed E-state index contributed by atoms with van der Waals surface area (Å²) in [6.45, 7) is 0. The highest BCUT2D eigenvalue weighted by atomic mass is 32.2. The molecule has 0 amide bonds. The van der Waals surface area contributed by atoms with Crippen LogP contribution in [0.5, 0.6) is 0 Å². The summed E-state index contributed by atoms with van der Waals surface area (Å²) in [4.78, 5) is 4.28. The van der Waals surface area contributed by atoms with E-state index in [0.717, 1.165) is 11.3 Å². The van der Waals surface area contributed by atoms with Gasteiger partial charge in [0.1, 0.15) is 22.6 Å². The largest absolute Gasteiger partial charge is 0.270 e. The molecule has 0 atom stereocenters. The van der Waals surface area contributed by atoms with Gasteiger partial charge in [0, 0.05) is 11.3 Å². The monoisotopic (exact) mass is 373 g/mol. The van der Waals surface area contributed by atoms with Crippen molar-refractivity contribution in [2.75, 3.05) is 0 Å². The van der Waals surface area contributed by atoms with Crippen molar-refractivity contribution >= 4 is 11.8 Å². The molecule has 0 aliphatic carbocycles. The fourth-order valence-electron chi connectivity index (χ4n) is 2.56. The van der Waals surface area contributed by atoms with E-state index in [0.29, 0.717) is 21.7 Å². The van der Waals surface area contributed by atoms with Crippen LogP contribution in [-0.2, 0) is 0 Å². The van der Waals surface area contributed by atoms with Crippen LogP contribution in [-0.4, -0.2) is 19.7 Å². The van der Waals surface area contributed by atoms with E-state index >= 15 is 0 Å². The lowest BCUT2D eigenvalue weighted by Crippen LogP contribution is -2.00. The summed E-state index contributed by atoms with van der Waals surface area (Å²) >= 11 is 1.29. The molecule has 7 heteroatoms. The number of rotatable bonds is 4. The summed E-state index contributed by atoms with van der Waals surface area (Å²) in [7, 11) is 0. The summed E-state index contributed by atoms with van der Waals surface area (Å²) < 4.78 is 15.2. The zero-order chi connectivity index (χ0) is 18.6. The van der Waals surface area contributed by atoms with Crippen LogP contribution in [0, 0.1) is 17.1 Å². The van der Waals surface area contributed by atoms with E-state index in [-0.39, 0.29) is 5.82 Å². The number of aromatic nitrogens is 4. The van der Waals surface area contributed by atoms with E-state index in [2.05, 4.69) is 15.2 Å². The summed E-state index contributed by atoms with van der Waals surface area (Å²) in [6, 6.07) is 23.0. The van der Waals surface area contributed by atoms with Crippen LogP contribution >= 0.6 is 11.8 Å². The van der Waals surface area contributed by atoms with Gasteiger partial charge in [-0.1, -0.05) is 36.4 Å². The Morgan fingerprint density at radius 2 is 1.67 bits per heavy atom. The lowest BCUT2D eigenvalue weighted by molar-refractivity contribution is 0.627. The van der Waals surface area contributed by atoms with Gasteiger partial charge in [0.05, 0.1) is 0 Å². The Kier molecular flexibility index (Phi) is 4.64. The SMILES string of the molecule is N#Cc1cccc(Sc2nnc(-c3ccccc3)n2-c2ccc(F)cc2)n1. The molecule has 0 saturated heterocycles. The van der Waals surface area contributed by atoms with Crippen molar-refractivity contribution < 1.29 is 4.39 Å². The van der Waals surface area contributed by atoms with Crippen molar-refractivity contribution in [2.24, 2.45) is 0 Å². The lowest BCUT2D eigenvalue weighted by Gasteiger charge is -2.10. The van der Waals surface area contributed by atoms with E-state index in [1.54, 1.807) is 30.3 Å². The molecule has 0 radical (unpaired) electrons. The first-order valence-corrected chi connectivity index (χ1v) is 8.88. The lowest BCUT2D eigenvalue weighted by atomic mass is 10.2. The number of hydrogen-bond acceptors (Lipinski definition) is 5. The number of nitriles is 1. The molecule has 2 aromatic carbocycles. The maximum atomic E-state index is 13.4. The van der Waals surface area contributed by atoms with Gasteiger partial charge >= 0.3 is 0 Å². The first kappa shape index (κ1) is 16.9. The first-order valence-electron chi connectivity index (χ1n) is 8.06. The molecule has 0 spiro atoms. The molecular formula is C20H12FN5S. The number of halogens is 1. The van der Waals surface area contributed by atoms with Gasteiger partial charge in [-0.05, 0) is 48.2 Å². The Balaban J connectivity index is 1.83. The van der Waals surface area contributed by atoms with Crippen molar-refractivity contribution in [1.29, 1.82) is 5.26 Å². The maximum absolute atomic E-state index is 13.4. The minimum atomic E-state index is -0.314. The van der Waals surface area contributed by atoms with Crippen LogP contribution < -0.4 is 0 Å². The Bertz CT molecular complexity index is 1120. The van der Waals surface area contributed by atoms with Gasteiger partial charge < -0.3 is 0 Å². The quantitative estimate of drug-likeness (QED) is 0.527. The molecule has 2 heterocycles. The van der Waals surface area contributed by atoms with Crippen LogP contribution in [0.15, 0.2) is 83.0 Å². The van der Waals surface area contributed by atoms with Gasteiger partial charge in [0.25, 0.3) is 0 Å². The van der Waals surface area contributed by atoms with E-state index in [4.69, 9.17) is 5.26 Å². The van der Waals surface area contributed by atoms with Gasteiger partial charge in [-0.3, -0.25) is 4.57 Å². The molecule has 0 aliphatic heterocycles. The predicted octanol–water partition coefficient (Wildman–Crippen LogP) is 4.49.